The van der Waals surface area contributed by atoms with Crippen LogP contribution in [0.25, 0.3) is 0 Å². The van der Waals surface area contributed by atoms with E-state index in [2.05, 4.69) is 0 Å². The molecule has 1 N–H and O–H groups in total. The lowest BCUT2D eigenvalue weighted by molar-refractivity contribution is 0.00100. The van der Waals surface area contributed by atoms with Crippen LogP contribution >= 0.6 is 0 Å². The van der Waals surface area contributed by atoms with Gasteiger partial charge in [-0.2, -0.15) is 0 Å². The highest BCUT2D eigenvalue weighted by molar-refractivity contribution is 5.25. The van der Waals surface area contributed by atoms with Gasteiger partial charge in [0, 0.05) is 6.61 Å². The minimum Gasteiger partial charge on any atom is -0.396 e. The zero-order valence-corrected chi connectivity index (χ0v) is 10.9. The normalized spacial score (nSPS) is 24.2. The second kappa shape index (κ2) is 6.30. The van der Waals surface area contributed by atoms with Gasteiger partial charge in [-0.15, -0.1) is 0 Å². The van der Waals surface area contributed by atoms with Gasteiger partial charge in [-0.05, 0) is 61.8 Å². The third kappa shape index (κ3) is 3.53. The maximum atomic E-state index is 13.0. The van der Waals surface area contributed by atoms with Crippen LogP contribution in [0, 0.1) is 18.7 Å². The van der Waals surface area contributed by atoms with Crippen molar-refractivity contribution in [2.75, 3.05) is 6.61 Å². The predicted molar refractivity (Wildman–Crippen MR) is 68.8 cm³/mol. The molecule has 0 bridgehead atoms. The summed E-state index contributed by atoms with van der Waals surface area (Å²) in [5.74, 6) is 0.261. The third-order valence-corrected chi connectivity index (χ3v) is 3.83. The van der Waals surface area contributed by atoms with E-state index in [9.17, 15) is 4.39 Å². The van der Waals surface area contributed by atoms with Crippen molar-refractivity contribution in [1.29, 1.82) is 0 Å². The second-order valence-electron chi connectivity index (χ2n) is 5.21. The first-order valence-electron chi connectivity index (χ1n) is 6.66. The highest BCUT2D eigenvalue weighted by Gasteiger charge is 2.21. The number of aryl methyl sites for hydroxylation is 1. The molecule has 1 aromatic rings. The van der Waals surface area contributed by atoms with Crippen molar-refractivity contribution in [2.24, 2.45) is 5.92 Å². The van der Waals surface area contributed by atoms with E-state index >= 15 is 0 Å². The number of aliphatic hydroxyl groups excluding tert-OH is 1. The van der Waals surface area contributed by atoms with Crippen LogP contribution < -0.4 is 0 Å². The number of halogens is 1. The highest BCUT2D eigenvalue weighted by Crippen LogP contribution is 2.26. The molecule has 0 heterocycles. The van der Waals surface area contributed by atoms with E-state index in [4.69, 9.17) is 9.84 Å². The Bertz CT molecular complexity index is 384. The predicted octanol–water partition coefficient (Wildman–Crippen LogP) is 3.20. The molecule has 1 aromatic carbocycles. The number of hydrogen-bond donors (Lipinski definition) is 1. The Labute approximate surface area is 108 Å². The molecule has 1 saturated carbocycles. The number of ether oxygens (including phenoxy) is 1. The summed E-state index contributed by atoms with van der Waals surface area (Å²) in [4.78, 5) is 0. The van der Waals surface area contributed by atoms with Crippen molar-refractivity contribution < 1.29 is 14.2 Å². The van der Waals surface area contributed by atoms with Gasteiger partial charge in [0.25, 0.3) is 0 Å². The fourth-order valence-corrected chi connectivity index (χ4v) is 2.51. The van der Waals surface area contributed by atoms with Crippen molar-refractivity contribution in [3.8, 4) is 0 Å². The van der Waals surface area contributed by atoms with Gasteiger partial charge in [-0.1, -0.05) is 6.07 Å². The van der Waals surface area contributed by atoms with Crippen molar-refractivity contribution in [2.45, 2.75) is 45.3 Å². The standard InChI is InChI=1S/C15H21FO2/c1-11-8-14(16)5-4-13(11)10-18-15-6-2-12(9-17)3-7-15/h4-5,8,12,15,17H,2-3,6-7,9-10H2,1H3. The first kappa shape index (κ1) is 13.5. The molecule has 0 radical (unpaired) electrons. The summed E-state index contributed by atoms with van der Waals surface area (Å²) < 4.78 is 18.8. The molecule has 2 rings (SSSR count). The topological polar surface area (TPSA) is 29.5 Å². The lowest BCUT2D eigenvalue weighted by Crippen LogP contribution is -2.23. The molecule has 0 atom stereocenters. The maximum Gasteiger partial charge on any atom is 0.123 e. The smallest absolute Gasteiger partial charge is 0.123 e. The van der Waals surface area contributed by atoms with Gasteiger partial charge in [0.1, 0.15) is 5.82 Å². The van der Waals surface area contributed by atoms with E-state index in [1.807, 2.05) is 6.92 Å². The van der Waals surface area contributed by atoms with E-state index < -0.39 is 0 Å². The quantitative estimate of drug-likeness (QED) is 0.891. The summed E-state index contributed by atoms with van der Waals surface area (Å²) in [6, 6.07) is 4.82. The summed E-state index contributed by atoms with van der Waals surface area (Å²) in [7, 11) is 0. The van der Waals surface area contributed by atoms with Crippen LogP contribution in [-0.2, 0) is 11.3 Å². The fourth-order valence-electron chi connectivity index (χ4n) is 2.51. The van der Waals surface area contributed by atoms with Gasteiger partial charge < -0.3 is 9.84 Å². The maximum absolute atomic E-state index is 13.0. The monoisotopic (exact) mass is 252 g/mol. The van der Waals surface area contributed by atoms with E-state index in [-0.39, 0.29) is 11.9 Å². The number of hydrogen-bond acceptors (Lipinski definition) is 2. The van der Waals surface area contributed by atoms with Crippen molar-refractivity contribution in [1.82, 2.24) is 0 Å². The molecule has 1 fully saturated rings. The molecule has 100 valence electrons. The molecular weight excluding hydrogens is 231 g/mol. The number of rotatable bonds is 4. The Morgan fingerprint density at radius 3 is 2.61 bits per heavy atom. The third-order valence-electron chi connectivity index (χ3n) is 3.83. The average Bonchev–Trinajstić information content (AvgIpc) is 2.38. The molecule has 0 aliphatic heterocycles. The zero-order valence-electron chi connectivity index (χ0n) is 10.9. The van der Waals surface area contributed by atoms with E-state index in [0.29, 0.717) is 19.1 Å². The van der Waals surface area contributed by atoms with Gasteiger partial charge in [-0.25, -0.2) is 4.39 Å². The van der Waals surface area contributed by atoms with Crippen molar-refractivity contribution in [3.63, 3.8) is 0 Å². The Balaban J connectivity index is 1.81. The van der Waals surface area contributed by atoms with Crippen LogP contribution in [0.3, 0.4) is 0 Å². The largest absolute Gasteiger partial charge is 0.396 e. The Kier molecular flexibility index (Phi) is 4.72. The minimum atomic E-state index is -0.195. The van der Waals surface area contributed by atoms with Crippen molar-refractivity contribution >= 4 is 0 Å². The summed E-state index contributed by atoms with van der Waals surface area (Å²) in [6.07, 6.45) is 4.42. The Morgan fingerprint density at radius 2 is 2.00 bits per heavy atom. The molecule has 0 saturated heterocycles. The lowest BCUT2D eigenvalue weighted by atomic mass is 9.88. The van der Waals surface area contributed by atoms with Crippen LogP contribution in [0.5, 0.6) is 0 Å². The van der Waals surface area contributed by atoms with Crippen LogP contribution in [0.15, 0.2) is 18.2 Å². The lowest BCUT2D eigenvalue weighted by Gasteiger charge is -2.27. The fraction of sp³-hybridized carbons (Fsp3) is 0.600. The second-order valence-corrected chi connectivity index (χ2v) is 5.21. The van der Waals surface area contributed by atoms with Crippen LogP contribution in [0.1, 0.15) is 36.8 Å². The Hall–Kier alpha value is -0.930. The van der Waals surface area contributed by atoms with E-state index in [1.54, 1.807) is 12.1 Å². The van der Waals surface area contributed by atoms with Gasteiger partial charge in [0.05, 0.1) is 12.7 Å². The van der Waals surface area contributed by atoms with Crippen LogP contribution in [0.4, 0.5) is 4.39 Å². The molecule has 1 aliphatic carbocycles. The molecule has 1 aliphatic rings. The molecule has 18 heavy (non-hydrogen) atoms. The summed E-state index contributed by atoms with van der Waals surface area (Å²) in [6.45, 7) is 2.76. The summed E-state index contributed by atoms with van der Waals surface area (Å²) >= 11 is 0. The van der Waals surface area contributed by atoms with Gasteiger partial charge >= 0.3 is 0 Å². The summed E-state index contributed by atoms with van der Waals surface area (Å²) in [5, 5.41) is 9.07. The highest BCUT2D eigenvalue weighted by atomic mass is 19.1. The zero-order chi connectivity index (χ0) is 13.0. The van der Waals surface area contributed by atoms with E-state index in [0.717, 1.165) is 36.8 Å². The molecule has 3 heteroatoms. The molecule has 0 aromatic heterocycles. The Morgan fingerprint density at radius 1 is 1.28 bits per heavy atom. The molecule has 0 amide bonds. The van der Waals surface area contributed by atoms with Crippen molar-refractivity contribution in [3.05, 3.63) is 35.1 Å². The molecule has 2 nitrogen and oxygen atoms in total. The van der Waals surface area contributed by atoms with Crippen LogP contribution in [-0.4, -0.2) is 17.8 Å². The first-order valence-corrected chi connectivity index (χ1v) is 6.66. The minimum absolute atomic E-state index is 0.195. The first-order chi connectivity index (χ1) is 8.69. The van der Waals surface area contributed by atoms with Crippen LogP contribution in [0.2, 0.25) is 0 Å². The van der Waals surface area contributed by atoms with Gasteiger partial charge in [0.2, 0.25) is 0 Å². The summed E-state index contributed by atoms with van der Waals surface area (Å²) in [5.41, 5.74) is 2.00. The van der Waals surface area contributed by atoms with Gasteiger partial charge in [-0.3, -0.25) is 0 Å². The molecular formula is C15H21FO2. The SMILES string of the molecule is Cc1cc(F)ccc1COC1CCC(CO)CC1. The number of aliphatic hydroxyl groups is 1. The molecule has 0 unspecified atom stereocenters. The average molecular weight is 252 g/mol. The number of benzene rings is 1. The van der Waals surface area contributed by atoms with Gasteiger partial charge in [0.15, 0.2) is 0 Å². The van der Waals surface area contributed by atoms with E-state index in [1.165, 1.54) is 6.07 Å². The molecule has 0 spiro atoms.